The molecular formula is C12H11N3O. The summed E-state index contributed by atoms with van der Waals surface area (Å²) in [5.41, 5.74) is 2.16. The van der Waals surface area contributed by atoms with E-state index in [0.717, 1.165) is 11.3 Å². The molecule has 0 radical (unpaired) electrons. The maximum atomic E-state index is 11.6. The van der Waals surface area contributed by atoms with Gasteiger partial charge in [-0.2, -0.15) is 0 Å². The van der Waals surface area contributed by atoms with E-state index in [1.165, 1.54) is 0 Å². The predicted octanol–water partition coefficient (Wildman–Crippen LogP) is 1.01. The first-order chi connectivity index (χ1) is 7.72. The predicted molar refractivity (Wildman–Crippen MR) is 61.1 cm³/mol. The van der Waals surface area contributed by atoms with Gasteiger partial charge in [0.1, 0.15) is 11.3 Å². The molecule has 0 unspecified atom stereocenters. The molecular weight excluding hydrogens is 202 g/mol. The molecule has 0 bridgehead atoms. The van der Waals surface area contributed by atoms with E-state index in [1.54, 1.807) is 6.20 Å². The summed E-state index contributed by atoms with van der Waals surface area (Å²) in [4.78, 5) is 15.8. The quantitative estimate of drug-likeness (QED) is 0.757. The molecule has 4 nitrogen and oxygen atoms in total. The summed E-state index contributed by atoms with van der Waals surface area (Å²) in [5, 5.41) is 2.58. The Morgan fingerprint density at radius 1 is 1.62 bits per heavy atom. The second-order valence-corrected chi connectivity index (χ2v) is 3.41. The maximum absolute atomic E-state index is 11.6. The number of pyridine rings is 1. The number of aromatic nitrogens is 2. The molecule has 0 aliphatic rings. The molecule has 0 saturated carbocycles. The minimum absolute atomic E-state index is 0.214. The molecule has 2 heterocycles. The summed E-state index contributed by atoms with van der Waals surface area (Å²) in [6.45, 7) is 2.17. The molecule has 0 fully saturated rings. The monoisotopic (exact) mass is 213 g/mol. The van der Waals surface area contributed by atoms with Crippen LogP contribution in [0.25, 0.3) is 5.65 Å². The van der Waals surface area contributed by atoms with Crippen molar-refractivity contribution in [1.82, 2.24) is 14.7 Å². The van der Waals surface area contributed by atoms with Crippen molar-refractivity contribution >= 4 is 11.6 Å². The lowest BCUT2D eigenvalue weighted by Crippen LogP contribution is -2.23. The lowest BCUT2D eigenvalue weighted by atomic mass is 10.4. The van der Waals surface area contributed by atoms with Crippen LogP contribution in [0.2, 0.25) is 0 Å². The zero-order chi connectivity index (χ0) is 11.5. The number of terminal acetylenes is 1. The van der Waals surface area contributed by atoms with Crippen molar-refractivity contribution in [2.24, 2.45) is 0 Å². The van der Waals surface area contributed by atoms with Gasteiger partial charge in [-0.15, -0.1) is 6.42 Å². The molecule has 1 amide bonds. The third kappa shape index (κ3) is 1.75. The number of fused-ring (bicyclic) bond motifs is 1. The van der Waals surface area contributed by atoms with E-state index < -0.39 is 0 Å². The summed E-state index contributed by atoms with van der Waals surface area (Å²) in [5.74, 6) is 2.10. The number of rotatable bonds is 2. The zero-order valence-corrected chi connectivity index (χ0v) is 8.90. The van der Waals surface area contributed by atoms with E-state index in [0.29, 0.717) is 5.69 Å². The first-order valence-corrected chi connectivity index (χ1v) is 4.89. The molecule has 4 heteroatoms. The first kappa shape index (κ1) is 10.2. The van der Waals surface area contributed by atoms with Gasteiger partial charge < -0.3 is 9.72 Å². The Morgan fingerprint density at radius 3 is 3.12 bits per heavy atom. The van der Waals surface area contributed by atoms with Crippen LogP contribution in [0.5, 0.6) is 0 Å². The normalized spacial score (nSPS) is 10.0. The maximum Gasteiger partial charge on any atom is 0.272 e. The van der Waals surface area contributed by atoms with Crippen molar-refractivity contribution in [3.8, 4) is 12.3 Å². The SMILES string of the molecule is C#CCNC(=O)c1cn2c(C)cccc2n1. The second kappa shape index (κ2) is 4.07. The highest BCUT2D eigenvalue weighted by atomic mass is 16.1. The van der Waals surface area contributed by atoms with E-state index in [1.807, 2.05) is 29.5 Å². The van der Waals surface area contributed by atoms with Gasteiger partial charge in [0.05, 0.1) is 6.54 Å². The molecule has 0 spiro atoms. The van der Waals surface area contributed by atoms with Gasteiger partial charge in [0.2, 0.25) is 0 Å². The largest absolute Gasteiger partial charge is 0.340 e. The lowest BCUT2D eigenvalue weighted by Gasteiger charge is -1.96. The Bertz CT molecular complexity index is 577. The van der Waals surface area contributed by atoms with Crippen LogP contribution in [-0.2, 0) is 0 Å². The van der Waals surface area contributed by atoms with Crippen LogP contribution in [0.15, 0.2) is 24.4 Å². The highest BCUT2D eigenvalue weighted by Crippen LogP contribution is 2.08. The topological polar surface area (TPSA) is 46.4 Å². The number of imidazole rings is 1. The highest BCUT2D eigenvalue weighted by molar-refractivity contribution is 5.93. The molecule has 0 aliphatic heterocycles. The van der Waals surface area contributed by atoms with Crippen LogP contribution >= 0.6 is 0 Å². The summed E-state index contributed by atoms with van der Waals surface area (Å²) in [6, 6.07) is 5.71. The molecule has 2 aromatic rings. The minimum atomic E-state index is -0.249. The summed E-state index contributed by atoms with van der Waals surface area (Å²) in [6.07, 6.45) is 6.77. The lowest BCUT2D eigenvalue weighted by molar-refractivity contribution is 0.0954. The van der Waals surface area contributed by atoms with E-state index in [-0.39, 0.29) is 12.5 Å². The van der Waals surface area contributed by atoms with Crippen LogP contribution in [0.1, 0.15) is 16.2 Å². The van der Waals surface area contributed by atoms with E-state index in [9.17, 15) is 4.79 Å². The van der Waals surface area contributed by atoms with Crippen molar-refractivity contribution in [2.45, 2.75) is 6.92 Å². The van der Waals surface area contributed by atoms with Gasteiger partial charge in [0, 0.05) is 11.9 Å². The van der Waals surface area contributed by atoms with Crippen molar-refractivity contribution in [3.63, 3.8) is 0 Å². The summed E-state index contributed by atoms with van der Waals surface area (Å²) in [7, 11) is 0. The average molecular weight is 213 g/mol. The van der Waals surface area contributed by atoms with Gasteiger partial charge in [0.15, 0.2) is 0 Å². The second-order valence-electron chi connectivity index (χ2n) is 3.41. The molecule has 16 heavy (non-hydrogen) atoms. The van der Waals surface area contributed by atoms with Gasteiger partial charge in [-0.25, -0.2) is 4.98 Å². The molecule has 0 aliphatic carbocycles. The molecule has 80 valence electrons. The van der Waals surface area contributed by atoms with Gasteiger partial charge in [-0.1, -0.05) is 12.0 Å². The van der Waals surface area contributed by atoms with Crippen molar-refractivity contribution in [3.05, 3.63) is 35.8 Å². The number of carbonyl (C=O) groups excluding carboxylic acids is 1. The van der Waals surface area contributed by atoms with Crippen LogP contribution in [0.3, 0.4) is 0 Å². The van der Waals surface area contributed by atoms with E-state index in [2.05, 4.69) is 16.2 Å². The van der Waals surface area contributed by atoms with Gasteiger partial charge in [-0.05, 0) is 19.1 Å². The van der Waals surface area contributed by atoms with Crippen LogP contribution in [-0.4, -0.2) is 21.8 Å². The zero-order valence-electron chi connectivity index (χ0n) is 8.90. The molecule has 2 aromatic heterocycles. The Morgan fingerprint density at radius 2 is 2.44 bits per heavy atom. The molecule has 2 rings (SSSR count). The van der Waals surface area contributed by atoms with Crippen molar-refractivity contribution in [1.29, 1.82) is 0 Å². The van der Waals surface area contributed by atoms with Gasteiger partial charge in [-0.3, -0.25) is 4.79 Å². The molecule has 0 atom stereocenters. The minimum Gasteiger partial charge on any atom is -0.340 e. The Labute approximate surface area is 93.3 Å². The van der Waals surface area contributed by atoms with Gasteiger partial charge >= 0.3 is 0 Å². The number of hydrogen-bond acceptors (Lipinski definition) is 2. The van der Waals surface area contributed by atoms with Crippen LogP contribution in [0.4, 0.5) is 0 Å². The Hall–Kier alpha value is -2.28. The Balaban J connectivity index is 2.37. The number of carbonyl (C=O) groups is 1. The Kier molecular flexibility index (Phi) is 2.61. The number of amides is 1. The van der Waals surface area contributed by atoms with Crippen molar-refractivity contribution in [2.75, 3.05) is 6.54 Å². The smallest absolute Gasteiger partial charge is 0.272 e. The third-order valence-electron chi connectivity index (χ3n) is 2.28. The van der Waals surface area contributed by atoms with Gasteiger partial charge in [0.25, 0.3) is 5.91 Å². The van der Waals surface area contributed by atoms with Crippen LogP contribution in [0, 0.1) is 19.3 Å². The fourth-order valence-corrected chi connectivity index (χ4v) is 1.48. The third-order valence-corrected chi connectivity index (χ3v) is 2.28. The number of nitrogens with zero attached hydrogens (tertiary/aromatic N) is 2. The number of nitrogens with one attached hydrogen (secondary N) is 1. The average Bonchev–Trinajstić information content (AvgIpc) is 2.71. The molecule has 0 saturated heterocycles. The number of hydrogen-bond donors (Lipinski definition) is 1. The fraction of sp³-hybridized carbons (Fsp3) is 0.167. The fourth-order valence-electron chi connectivity index (χ4n) is 1.48. The highest BCUT2D eigenvalue weighted by Gasteiger charge is 2.09. The number of aryl methyl sites for hydroxylation is 1. The molecule has 0 aromatic carbocycles. The van der Waals surface area contributed by atoms with E-state index in [4.69, 9.17) is 6.42 Å². The van der Waals surface area contributed by atoms with E-state index >= 15 is 0 Å². The standard InChI is InChI=1S/C12H11N3O/c1-3-7-13-12(16)10-8-15-9(2)5-4-6-11(15)14-10/h1,4-6,8H,7H2,2H3,(H,13,16). The van der Waals surface area contributed by atoms with Crippen molar-refractivity contribution < 1.29 is 4.79 Å². The summed E-state index contributed by atoms with van der Waals surface area (Å²) >= 11 is 0. The first-order valence-electron chi connectivity index (χ1n) is 4.89. The summed E-state index contributed by atoms with van der Waals surface area (Å²) < 4.78 is 1.87. The molecule has 1 N–H and O–H groups in total. The van der Waals surface area contributed by atoms with Crippen LogP contribution < -0.4 is 5.32 Å².